The van der Waals surface area contributed by atoms with E-state index in [1.165, 1.54) is 0 Å². The first kappa shape index (κ1) is 11.6. The Hall–Kier alpha value is -1.46. The molecule has 1 aromatic rings. The maximum Gasteiger partial charge on any atom is 0.153 e. The molecular weight excluding hydrogens is 212 g/mol. The summed E-state index contributed by atoms with van der Waals surface area (Å²) in [6, 6.07) is 4.95. The van der Waals surface area contributed by atoms with E-state index < -0.39 is 0 Å². The van der Waals surface area contributed by atoms with Gasteiger partial charge in [0.2, 0.25) is 0 Å². The highest BCUT2D eigenvalue weighted by Gasteiger charge is 2.02. The summed E-state index contributed by atoms with van der Waals surface area (Å²) in [6.07, 6.45) is 1.38. The van der Waals surface area contributed by atoms with Crippen molar-refractivity contribution >= 4 is 17.9 Å². The van der Waals surface area contributed by atoms with Crippen LogP contribution >= 0.6 is 11.6 Å². The second kappa shape index (κ2) is 6.10. The third kappa shape index (κ3) is 3.65. The molecule has 0 fully saturated rings. The van der Waals surface area contributed by atoms with Crippen molar-refractivity contribution in [1.82, 2.24) is 0 Å². The number of benzene rings is 1. The number of aldehydes is 1. The number of rotatable bonds is 4. The number of halogens is 1. The molecule has 0 bridgehead atoms. The maximum absolute atomic E-state index is 10.7. The predicted molar refractivity (Wildman–Crippen MR) is 60.4 cm³/mol. The van der Waals surface area contributed by atoms with Crippen LogP contribution in [0.5, 0.6) is 5.75 Å². The first-order chi connectivity index (χ1) is 7.27. The number of hydrogen-bond donors (Lipinski definition) is 0. The fourth-order valence-corrected chi connectivity index (χ4v) is 1.26. The van der Waals surface area contributed by atoms with Crippen molar-refractivity contribution in [3.63, 3.8) is 0 Å². The van der Waals surface area contributed by atoms with Crippen LogP contribution in [-0.4, -0.2) is 12.9 Å². The minimum atomic E-state index is 0.465. The molecular formula is C12H11ClO2. The molecule has 0 aliphatic carbocycles. The van der Waals surface area contributed by atoms with E-state index in [1.54, 1.807) is 25.1 Å². The van der Waals surface area contributed by atoms with Crippen LogP contribution in [-0.2, 0) is 0 Å². The zero-order valence-corrected chi connectivity index (χ0v) is 9.17. The highest BCUT2D eigenvalue weighted by molar-refractivity contribution is 6.30. The van der Waals surface area contributed by atoms with Crippen molar-refractivity contribution in [1.29, 1.82) is 0 Å². The summed E-state index contributed by atoms with van der Waals surface area (Å²) < 4.78 is 5.39. The maximum atomic E-state index is 10.7. The Kier molecular flexibility index (Phi) is 4.73. The van der Waals surface area contributed by atoms with Gasteiger partial charge in [-0.05, 0) is 25.1 Å². The molecule has 0 saturated carbocycles. The van der Waals surface area contributed by atoms with Gasteiger partial charge in [0.05, 0.1) is 12.2 Å². The highest BCUT2D eigenvalue weighted by Crippen LogP contribution is 2.21. The Morgan fingerprint density at radius 2 is 2.33 bits per heavy atom. The van der Waals surface area contributed by atoms with E-state index in [4.69, 9.17) is 16.3 Å². The zero-order chi connectivity index (χ0) is 11.1. The fraction of sp³-hybridized carbons (Fsp3) is 0.250. The van der Waals surface area contributed by atoms with Crippen LogP contribution in [0.25, 0.3) is 0 Å². The summed E-state index contributed by atoms with van der Waals surface area (Å²) in [6.45, 7) is 2.25. The number of carbonyl (C=O) groups excluding carboxylic acids is 1. The summed E-state index contributed by atoms with van der Waals surface area (Å²) >= 11 is 5.74. The molecule has 0 spiro atoms. The molecule has 0 unspecified atom stereocenters. The Morgan fingerprint density at radius 1 is 1.53 bits per heavy atom. The van der Waals surface area contributed by atoms with Crippen LogP contribution < -0.4 is 4.74 Å². The molecule has 3 heteroatoms. The average molecular weight is 223 g/mol. The molecule has 78 valence electrons. The van der Waals surface area contributed by atoms with Crippen LogP contribution in [0, 0.1) is 11.8 Å². The molecule has 0 atom stereocenters. The summed E-state index contributed by atoms with van der Waals surface area (Å²) in [4.78, 5) is 10.7. The number of hydrogen-bond acceptors (Lipinski definition) is 2. The third-order valence-corrected chi connectivity index (χ3v) is 2.00. The predicted octanol–water partition coefficient (Wildman–Crippen LogP) is 2.94. The van der Waals surface area contributed by atoms with Crippen molar-refractivity contribution in [2.24, 2.45) is 0 Å². The molecule has 1 rings (SSSR count). The second-order valence-electron chi connectivity index (χ2n) is 2.83. The minimum Gasteiger partial charge on any atom is -0.492 e. The van der Waals surface area contributed by atoms with Crippen LogP contribution in [0.3, 0.4) is 0 Å². The van der Waals surface area contributed by atoms with Crippen molar-refractivity contribution in [3.8, 4) is 17.6 Å². The van der Waals surface area contributed by atoms with E-state index in [9.17, 15) is 4.79 Å². The molecule has 0 radical (unpaired) electrons. The standard InChI is InChI=1S/C12H11ClO2/c1-2-3-4-7-15-12-6-5-11(13)8-10(12)9-14/h5-6,8-9H,4,7H2,1H3. The Morgan fingerprint density at radius 3 is 3.00 bits per heavy atom. The lowest BCUT2D eigenvalue weighted by molar-refractivity contribution is 0.111. The van der Waals surface area contributed by atoms with Crippen molar-refractivity contribution in [2.45, 2.75) is 13.3 Å². The largest absolute Gasteiger partial charge is 0.492 e. The van der Waals surface area contributed by atoms with Gasteiger partial charge >= 0.3 is 0 Å². The molecule has 2 nitrogen and oxygen atoms in total. The molecule has 0 saturated heterocycles. The normalized spacial score (nSPS) is 8.93. The first-order valence-corrected chi connectivity index (χ1v) is 4.93. The van der Waals surface area contributed by atoms with Gasteiger partial charge in [-0.3, -0.25) is 4.79 Å². The summed E-state index contributed by atoms with van der Waals surface area (Å²) in [7, 11) is 0. The Balaban J connectivity index is 2.66. The Bertz CT molecular complexity index is 402. The van der Waals surface area contributed by atoms with Gasteiger partial charge in [-0.25, -0.2) is 0 Å². The van der Waals surface area contributed by atoms with Gasteiger partial charge in [-0.1, -0.05) is 11.6 Å². The fourth-order valence-electron chi connectivity index (χ4n) is 1.08. The molecule has 0 heterocycles. The number of ether oxygens (including phenoxy) is 1. The molecule has 1 aromatic carbocycles. The van der Waals surface area contributed by atoms with E-state index in [2.05, 4.69) is 11.8 Å². The van der Waals surface area contributed by atoms with Crippen molar-refractivity contribution in [3.05, 3.63) is 28.8 Å². The monoisotopic (exact) mass is 222 g/mol. The lowest BCUT2D eigenvalue weighted by Gasteiger charge is -2.06. The highest BCUT2D eigenvalue weighted by atomic mass is 35.5. The topological polar surface area (TPSA) is 26.3 Å². The van der Waals surface area contributed by atoms with Crippen LogP contribution in [0.1, 0.15) is 23.7 Å². The summed E-state index contributed by atoms with van der Waals surface area (Å²) in [5.74, 6) is 6.20. The van der Waals surface area contributed by atoms with Gasteiger partial charge < -0.3 is 4.74 Å². The Labute approximate surface area is 94.2 Å². The molecule has 0 amide bonds. The van der Waals surface area contributed by atoms with Crippen LogP contribution in [0.4, 0.5) is 0 Å². The lowest BCUT2D eigenvalue weighted by atomic mass is 10.2. The zero-order valence-electron chi connectivity index (χ0n) is 8.42. The molecule has 0 N–H and O–H groups in total. The van der Waals surface area contributed by atoms with Gasteiger partial charge in [0, 0.05) is 11.4 Å². The molecule has 0 aliphatic heterocycles. The second-order valence-corrected chi connectivity index (χ2v) is 3.26. The van der Waals surface area contributed by atoms with Gasteiger partial charge in [-0.2, -0.15) is 0 Å². The van der Waals surface area contributed by atoms with Gasteiger partial charge in [0.1, 0.15) is 5.75 Å². The molecule has 15 heavy (non-hydrogen) atoms. The summed E-state index contributed by atoms with van der Waals surface area (Å²) in [5, 5.41) is 0.526. The average Bonchev–Trinajstić information content (AvgIpc) is 2.26. The van der Waals surface area contributed by atoms with E-state index in [0.29, 0.717) is 29.4 Å². The first-order valence-electron chi connectivity index (χ1n) is 4.55. The van der Waals surface area contributed by atoms with E-state index >= 15 is 0 Å². The van der Waals surface area contributed by atoms with Gasteiger partial charge in [0.15, 0.2) is 6.29 Å². The minimum absolute atomic E-state index is 0.465. The summed E-state index contributed by atoms with van der Waals surface area (Å²) in [5.41, 5.74) is 0.465. The lowest BCUT2D eigenvalue weighted by Crippen LogP contribution is -1.98. The third-order valence-electron chi connectivity index (χ3n) is 1.76. The van der Waals surface area contributed by atoms with Crippen LogP contribution in [0.15, 0.2) is 18.2 Å². The SMILES string of the molecule is CC#CCCOc1ccc(Cl)cc1C=O. The van der Waals surface area contributed by atoms with E-state index in [1.807, 2.05) is 0 Å². The smallest absolute Gasteiger partial charge is 0.153 e. The van der Waals surface area contributed by atoms with E-state index in [0.717, 1.165) is 6.29 Å². The van der Waals surface area contributed by atoms with Gasteiger partial charge in [0.25, 0.3) is 0 Å². The van der Waals surface area contributed by atoms with Crippen molar-refractivity contribution in [2.75, 3.05) is 6.61 Å². The molecule has 0 aromatic heterocycles. The quantitative estimate of drug-likeness (QED) is 0.445. The van der Waals surface area contributed by atoms with Crippen molar-refractivity contribution < 1.29 is 9.53 Å². The van der Waals surface area contributed by atoms with E-state index in [-0.39, 0.29) is 0 Å². The van der Waals surface area contributed by atoms with Gasteiger partial charge in [-0.15, -0.1) is 11.8 Å². The number of carbonyl (C=O) groups is 1. The molecule has 0 aliphatic rings. The van der Waals surface area contributed by atoms with Crippen LogP contribution in [0.2, 0.25) is 5.02 Å².